The fourth-order valence-corrected chi connectivity index (χ4v) is 7.13. The van der Waals surface area contributed by atoms with Gasteiger partial charge in [0.25, 0.3) is 5.91 Å². The molecule has 9 nitrogen and oxygen atoms in total. The van der Waals surface area contributed by atoms with Gasteiger partial charge < -0.3 is 20.0 Å². The van der Waals surface area contributed by atoms with Crippen molar-refractivity contribution >= 4 is 59.7 Å². The highest BCUT2D eigenvalue weighted by Gasteiger charge is 2.62. The molecule has 172 valence electrons. The molecule has 1 unspecified atom stereocenters. The van der Waals surface area contributed by atoms with E-state index < -0.39 is 31.6 Å². The quantitative estimate of drug-likeness (QED) is 0.202. The van der Waals surface area contributed by atoms with Crippen molar-refractivity contribution in [3.63, 3.8) is 0 Å². The highest BCUT2D eigenvalue weighted by molar-refractivity contribution is 7.14. The summed E-state index contributed by atoms with van der Waals surface area (Å²) < 4.78 is 1.96. The Morgan fingerprint density at radius 3 is 2.48 bits per heavy atom. The second-order valence-electron chi connectivity index (χ2n) is 9.38. The van der Waals surface area contributed by atoms with Crippen LogP contribution < -0.4 is 10.6 Å². The number of halogens is 1. The average molecular weight is 488 g/mol. The number of nitrogens with one attached hydrogen (secondary N) is 2. The smallest absolute Gasteiger partial charge is 0.276 e. The summed E-state index contributed by atoms with van der Waals surface area (Å²) in [5, 5.41) is 10.9. The number of β-lactam (4-membered cyclic amide) rings is 1. The lowest BCUT2D eigenvalue weighted by molar-refractivity contribution is -0.152. The van der Waals surface area contributed by atoms with E-state index in [9.17, 15) is 14.4 Å². The molecular formula is C19H30ClN5O4SSi. The van der Waals surface area contributed by atoms with Crippen molar-refractivity contribution in [2.45, 2.75) is 64.3 Å². The Hall–Kier alpha value is -1.98. The number of alkyl halides is 1. The number of anilines is 1. The topological polar surface area (TPSA) is 113 Å². The van der Waals surface area contributed by atoms with Crippen molar-refractivity contribution in [3.8, 4) is 0 Å². The molecule has 1 aromatic rings. The summed E-state index contributed by atoms with van der Waals surface area (Å²) in [4.78, 5) is 46.5. The van der Waals surface area contributed by atoms with Crippen LogP contribution in [-0.4, -0.2) is 65.8 Å². The largest absolute Gasteiger partial charge is 0.398 e. The van der Waals surface area contributed by atoms with Crippen LogP contribution in [0.4, 0.5) is 5.13 Å². The molecule has 0 aromatic carbocycles. The van der Waals surface area contributed by atoms with Gasteiger partial charge in [-0.3, -0.25) is 14.4 Å². The summed E-state index contributed by atoms with van der Waals surface area (Å²) in [6.07, 6.45) is 0. The predicted octanol–water partition coefficient (Wildman–Crippen LogP) is 2.78. The lowest BCUT2D eigenvalue weighted by Crippen LogP contribution is -2.83. The molecule has 0 radical (unpaired) electrons. The maximum Gasteiger partial charge on any atom is 0.276 e. The summed E-state index contributed by atoms with van der Waals surface area (Å²) in [5.74, 6) is -1.30. The number of amides is 3. The van der Waals surface area contributed by atoms with E-state index in [4.69, 9.17) is 16.4 Å². The van der Waals surface area contributed by atoms with Crippen molar-refractivity contribution in [2.75, 3.05) is 18.3 Å². The number of oxime groups is 1. The van der Waals surface area contributed by atoms with E-state index in [0.29, 0.717) is 0 Å². The van der Waals surface area contributed by atoms with Gasteiger partial charge in [0.15, 0.2) is 19.1 Å². The molecule has 31 heavy (non-hydrogen) atoms. The van der Waals surface area contributed by atoms with Crippen LogP contribution >= 0.6 is 22.9 Å². The fraction of sp³-hybridized carbons (Fsp3) is 0.632. The number of thiazole rings is 1. The van der Waals surface area contributed by atoms with E-state index in [-0.39, 0.29) is 33.4 Å². The zero-order chi connectivity index (χ0) is 23.8. The molecule has 12 heteroatoms. The van der Waals surface area contributed by atoms with Crippen LogP contribution in [0, 0.1) is 0 Å². The highest BCUT2D eigenvalue weighted by atomic mass is 35.5. The van der Waals surface area contributed by atoms with Crippen LogP contribution in [0.3, 0.4) is 0 Å². The van der Waals surface area contributed by atoms with Crippen molar-refractivity contribution in [1.29, 1.82) is 0 Å². The molecule has 1 atom stereocenters. The molecule has 1 aliphatic heterocycles. The zero-order valence-corrected chi connectivity index (χ0v) is 21.7. The van der Waals surface area contributed by atoms with Crippen molar-refractivity contribution < 1.29 is 19.2 Å². The number of hydrogen-bond donors (Lipinski definition) is 2. The van der Waals surface area contributed by atoms with E-state index in [1.165, 1.54) is 7.11 Å². The molecule has 0 spiro atoms. The van der Waals surface area contributed by atoms with Crippen LogP contribution in [0.5, 0.6) is 0 Å². The zero-order valence-electron chi connectivity index (χ0n) is 19.1. The molecule has 1 saturated heterocycles. The van der Waals surface area contributed by atoms with Crippen molar-refractivity contribution in [1.82, 2.24) is 14.9 Å². The van der Waals surface area contributed by atoms with Gasteiger partial charge in [-0.2, -0.15) is 0 Å². The first-order chi connectivity index (χ1) is 14.2. The fourth-order valence-electron chi connectivity index (χ4n) is 3.44. The van der Waals surface area contributed by atoms with Gasteiger partial charge in [0.2, 0.25) is 11.8 Å². The normalized spacial score (nSPS) is 19.0. The minimum absolute atomic E-state index is 0.0258. The van der Waals surface area contributed by atoms with Gasteiger partial charge in [0.05, 0.1) is 5.54 Å². The monoisotopic (exact) mass is 487 g/mol. The molecule has 0 bridgehead atoms. The number of nitrogens with zero attached hydrogens (tertiary/aromatic N) is 3. The third-order valence-electron chi connectivity index (χ3n) is 5.93. The minimum atomic E-state index is -2.12. The molecule has 0 saturated carbocycles. The van der Waals surface area contributed by atoms with E-state index >= 15 is 0 Å². The molecule has 2 rings (SSSR count). The summed E-state index contributed by atoms with van der Waals surface area (Å²) >= 11 is 6.61. The van der Waals surface area contributed by atoms with E-state index in [1.807, 2.05) is 18.4 Å². The van der Waals surface area contributed by atoms with Crippen molar-refractivity contribution in [3.05, 3.63) is 11.1 Å². The maximum atomic E-state index is 13.1. The number of carbonyl (C=O) groups is 3. The Balaban J connectivity index is 2.22. The highest BCUT2D eigenvalue weighted by Crippen LogP contribution is 2.46. The number of carbonyl (C=O) groups excluding carboxylic acids is 3. The first-order valence-corrected chi connectivity index (χ1v) is 14.1. The van der Waals surface area contributed by atoms with Gasteiger partial charge in [0, 0.05) is 5.38 Å². The predicted molar refractivity (Wildman–Crippen MR) is 125 cm³/mol. The summed E-state index contributed by atoms with van der Waals surface area (Å²) in [6, 6.07) is -0.690. The summed E-state index contributed by atoms with van der Waals surface area (Å²) in [6.45, 7) is 14.6. The molecule has 3 amide bonds. The van der Waals surface area contributed by atoms with Gasteiger partial charge in [-0.15, -0.1) is 22.9 Å². The number of hydrogen-bond acceptors (Lipinski definition) is 7. The first-order valence-electron chi connectivity index (χ1n) is 9.76. The van der Waals surface area contributed by atoms with Crippen LogP contribution in [0.2, 0.25) is 18.1 Å². The van der Waals surface area contributed by atoms with Crippen LogP contribution in [-0.2, 0) is 19.2 Å². The molecule has 1 fully saturated rings. The molecule has 1 aromatic heterocycles. The van der Waals surface area contributed by atoms with Gasteiger partial charge in [-0.05, 0) is 18.9 Å². The minimum Gasteiger partial charge on any atom is -0.398 e. The van der Waals surface area contributed by atoms with Crippen LogP contribution in [0.25, 0.3) is 0 Å². The Labute approximate surface area is 192 Å². The summed E-state index contributed by atoms with van der Waals surface area (Å²) in [5.41, 5.74) is -0.408. The van der Waals surface area contributed by atoms with Crippen LogP contribution in [0.15, 0.2) is 10.5 Å². The Bertz CT molecular complexity index is 909. The number of rotatable bonds is 7. The summed E-state index contributed by atoms with van der Waals surface area (Å²) in [7, 11) is -0.806. The van der Waals surface area contributed by atoms with Gasteiger partial charge in [-0.25, -0.2) is 4.98 Å². The first kappa shape index (κ1) is 25.3. The van der Waals surface area contributed by atoms with Gasteiger partial charge in [0.1, 0.15) is 24.7 Å². The molecule has 2 N–H and O–H groups in total. The maximum absolute atomic E-state index is 13.1. The Kier molecular flexibility index (Phi) is 7.23. The molecule has 1 aliphatic rings. The molecular weight excluding hydrogens is 458 g/mol. The Morgan fingerprint density at radius 1 is 1.39 bits per heavy atom. The van der Waals surface area contributed by atoms with Gasteiger partial charge >= 0.3 is 0 Å². The molecule has 0 aliphatic carbocycles. The Morgan fingerprint density at radius 2 is 2.00 bits per heavy atom. The standard InChI is InChI=1S/C19H30ClN5O4SSi/c1-18(2,3)31(7,8)25-16(28)14(19(25,4)5)23-15(27)13(24-29-6)11-10-30-17(21-11)22-12(26)9-20/h10,14H,9H2,1-8H3,(H,23,27)(H,21,22,26)/b24-13-. The van der Waals surface area contributed by atoms with Gasteiger partial charge in [-0.1, -0.05) is 39.0 Å². The molecule has 2 heterocycles. The van der Waals surface area contributed by atoms with Crippen LogP contribution in [0.1, 0.15) is 40.3 Å². The van der Waals surface area contributed by atoms with E-state index in [2.05, 4.69) is 54.6 Å². The SMILES string of the molecule is CO/N=C(\C(=O)NC1C(=O)N([Si](C)(C)C(C)(C)C)C1(C)C)c1csc(NC(=O)CCl)n1. The second-order valence-corrected chi connectivity index (χ2v) is 15.6. The third kappa shape index (κ3) is 4.78. The third-order valence-corrected chi connectivity index (χ3v) is 12.5. The lowest BCUT2D eigenvalue weighted by atomic mass is 9.85. The number of aromatic nitrogens is 1. The van der Waals surface area contributed by atoms with E-state index in [0.717, 1.165) is 11.3 Å². The van der Waals surface area contributed by atoms with Crippen molar-refractivity contribution in [2.24, 2.45) is 5.16 Å². The average Bonchev–Trinajstić information content (AvgIpc) is 3.10. The second kappa shape index (κ2) is 8.87. The van der Waals surface area contributed by atoms with E-state index in [1.54, 1.807) is 5.38 Å². The lowest BCUT2D eigenvalue weighted by Gasteiger charge is -2.63.